The van der Waals surface area contributed by atoms with Gasteiger partial charge in [-0.2, -0.15) is 0 Å². The minimum absolute atomic E-state index is 0.394. The average molecular weight is 244 g/mol. The Hall–Kier alpha value is -2.02. The van der Waals surface area contributed by atoms with Gasteiger partial charge in [0.25, 0.3) is 0 Å². The second-order valence-corrected chi connectivity index (χ2v) is 4.01. The number of unbranched alkanes of at least 4 members (excludes halogenated alkanes) is 2. The van der Waals surface area contributed by atoms with E-state index in [0.29, 0.717) is 13.1 Å². The predicted octanol–water partition coefficient (Wildman–Crippen LogP) is 2.57. The predicted molar refractivity (Wildman–Crippen MR) is 68.8 cm³/mol. The maximum Gasteiger partial charge on any atom is 0.235 e. The molecule has 94 valence electrons. The molecule has 0 N–H and O–H groups in total. The fourth-order valence-corrected chi connectivity index (χ4v) is 1.75. The van der Waals surface area contributed by atoms with Gasteiger partial charge in [-0.1, -0.05) is 30.7 Å². The topological polar surface area (TPSA) is 58.9 Å². The molecule has 0 aliphatic rings. The second-order valence-electron chi connectivity index (χ2n) is 4.01. The Morgan fingerprint density at radius 1 is 0.944 bits per heavy atom. The first-order valence-corrected chi connectivity index (χ1v) is 6.02. The lowest BCUT2D eigenvalue weighted by atomic mass is 10.0. The zero-order valence-electron chi connectivity index (χ0n) is 10.3. The number of rotatable bonds is 8. The standard InChI is InChI=1S/C14H16N2O2/c17-11-15-8-3-1-2-5-13-6-4-7-14(9-13)10-16-12-18/h4,6-7,9H,1-3,5,8,10H2. The molecule has 0 heterocycles. The minimum atomic E-state index is 0.394. The van der Waals surface area contributed by atoms with Gasteiger partial charge in [-0.25, -0.2) is 19.6 Å². The van der Waals surface area contributed by atoms with Gasteiger partial charge in [-0.05, 0) is 30.4 Å². The van der Waals surface area contributed by atoms with Crippen LogP contribution in [0.15, 0.2) is 34.3 Å². The first-order chi connectivity index (χ1) is 8.86. The molecule has 0 amide bonds. The van der Waals surface area contributed by atoms with Gasteiger partial charge in [-0.3, -0.25) is 0 Å². The van der Waals surface area contributed by atoms with E-state index in [-0.39, 0.29) is 0 Å². The summed E-state index contributed by atoms with van der Waals surface area (Å²) in [6.45, 7) is 0.961. The number of hydrogen-bond acceptors (Lipinski definition) is 4. The van der Waals surface area contributed by atoms with Crippen LogP contribution in [-0.4, -0.2) is 18.7 Å². The summed E-state index contributed by atoms with van der Waals surface area (Å²) in [4.78, 5) is 27.0. The fourth-order valence-electron chi connectivity index (χ4n) is 1.75. The largest absolute Gasteiger partial charge is 0.235 e. The van der Waals surface area contributed by atoms with Gasteiger partial charge in [0.05, 0.1) is 13.1 Å². The molecule has 4 nitrogen and oxygen atoms in total. The number of aryl methyl sites for hydroxylation is 1. The van der Waals surface area contributed by atoms with Crippen molar-refractivity contribution in [2.24, 2.45) is 9.98 Å². The molecule has 0 bridgehead atoms. The van der Waals surface area contributed by atoms with E-state index in [2.05, 4.69) is 22.1 Å². The fraction of sp³-hybridized carbons (Fsp3) is 0.429. The van der Waals surface area contributed by atoms with Crippen LogP contribution in [0.3, 0.4) is 0 Å². The Kier molecular flexibility index (Phi) is 7.07. The third-order valence-corrected chi connectivity index (χ3v) is 2.62. The maximum atomic E-state index is 10.0. The van der Waals surface area contributed by atoms with Gasteiger partial charge in [-0.15, -0.1) is 0 Å². The second kappa shape index (κ2) is 9.06. The molecular formula is C14H16N2O2. The van der Waals surface area contributed by atoms with E-state index in [9.17, 15) is 9.59 Å². The first-order valence-electron chi connectivity index (χ1n) is 6.02. The van der Waals surface area contributed by atoms with Gasteiger partial charge >= 0.3 is 0 Å². The summed E-state index contributed by atoms with van der Waals surface area (Å²) in [5.41, 5.74) is 2.27. The van der Waals surface area contributed by atoms with Crippen molar-refractivity contribution in [1.29, 1.82) is 0 Å². The van der Waals surface area contributed by atoms with Crippen molar-refractivity contribution in [2.45, 2.75) is 32.2 Å². The molecule has 0 saturated carbocycles. The van der Waals surface area contributed by atoms with Crippen molar-refractivity contribution in [3.05, 3.63) is 35.4 Å². The Morgan fingerprint density at radius 2 is 1.72 bits per heavy atom. The van der Waals surface area contributed by atoms with Crippen molar-refractivity contribution in [2.75, 3.05) is 6.54 Å². The van der Waals surface area contributed by atoms with Crippen LogP contribution in [0.1, 0.15) is 30.4 Å². The summed E-state index contributed by atoms with van der Waals surface area (Å²) < 4.78 is 0. The lowest BCUT2D eigenvalue weighted by Gasteiger charge is -2.03. The molecule has 0 aliphatic heterocycles. The van der Waals surface area contributed by atoms with Crippen molar-refractivity contribution < 1.29 is 9.59 Å². The molecule has 4 heteroatoms. The van der Waals surface area contributed by atoms with Crippen LogP contribution in [0, 0.1) is 0 Å². The molecule has 0 fully saturated rings. The van der Waals surface area contributed by atoms with Gasteiger partial charge in [0.1, 0.15) is 0 Å². The van der Waals surface area contributed by atoms with Crippen molar-refractivity contribution >= 4 is 12.2 Å². The van der Waals surface area contributed by atoms with Gasteiger partial charge in [0, 0.05) is 0 Å². The van der Waals surface area contributed by atoms with E-state index in [0.717, 1.165) is 31.2 Å². The molecule has 0 atom stereocenters. The molecule has 1 aromatic carbocycles. The molecule has 0 aliphatic carbocycles. The van der Waals surface area contributed by atoms with Crippen LogP contribution < -0.4 is 0 Å². The monoisotopic (exact) mass is 244 g/mol. The zero-order valence-corrected chi connectivity index (χ0v) is 10.3. The van der Waals surface area contributed by atoms with Crippen LogP contribution in [0.2, 0.25) is 0 Å². The van der Waals surface area contributed by atoms with Crippen LogP contribution >= 0.6 is 0 Å². The van der Waals surface area contributed by atoms with Crippen molar-refractivity contribution in [3.63, 3.8) is 0 Å². The highest BCUT2D eigenvalue weighted by Crippen LogP contribution is 2.10. The van der Waals surface area contributed by atoms with E-state index >= 15 is 0 Å². The number of nitrogens with zero attached hydrogens (tertiary/aromatic N) is 2. The third kappa shape index (κ3) is 5.90. The molecule has 0 radical (unpaired) electrons. The summed E-state index contributed by atoms with van der Waals surface area (Å²) in [6.07, 6.45) is 7.10. The summed E-state index contributed by atoms with van der Waals surface area (Å²) in [7, 11) is 0. The maximum absolute atomic E-state index is 10.0. The quantitative estimate of drug-likeness (QED) is 0.401. The molecule has 0 spiro atoms. The Balaban J connectivity index is 2.33. The van der Waals surface area contributed by atoms with Crippen LogP contribution in [-0.2, 0) is 22.6 Å². The Bertz CT molecular complexity index is 459. The number of isocyanates is 2. The molecule has 1 rings (SSSR count). The van der Waals surface area contributed by atoms with Crippen molar-refractivity contribution in [3.8, 4) is 0 Å². The lowest BCUT2D eigenvalue weighted by molar-refractivity contribution is 0.561. The smallest absolute Gasteiger partial charge is 0.211 e. The van der Waals surface area contributed by atoms with Crippen LogP contribution in [0.5, 0.6) is 0 Å². The minimum Gasteiger partial charge on any atom is -0.211 e. The molecule has 0 unspecified atom stereocenters. The summed E-state index contributed by atoms with van der Waals surface area (Å²) in [6, 6.07) is 8.05. The van der Waals surface area contributed by atoms with Crippen LogP contribution in [0.4, 0.5) is 0 Å². The SMILES string of the molecule is O=C=NCCCCCc1cccc(CN=C=O)c1. The van der Waals surface area contributed by atoms with E-state index in [1.165, 1.54) is 11.6 Å². The summed E-state index contributed by atoms with van der Waals surface area (Å²) in [5, 5.41) is 0. The van der Waals surface area contributed by atoms with E-state index < -0.39 is 0 Å². The van der Waals surface area contributed by atoms with Gasteiger partial charge in [0.2, 0.25) is 12.2 Å². The molecule has 18 heavy (non-hydrogen) atoms. The molecule has 0 aromatic heterocycles. The average Bonchev–Trinajstić information content (AvgIpc) is 2.41. The highest BCUT2D eigenvalue weighted by Gasteiger charge is 1.96. The lowest BCUT2D eigenvalue weighted by Crippen LogP contribution is -1.90. The van der Waals surface area contributed by atoms with E-state index in [4.69, 9.17) is 0 Å². The Morgan fingerprint density at radius 3 is 2.50 bits per heavy atom. The van der Waals surface area contributed by atoms with Crippen molar-refractivity contribution in [1.82, 2.24) is 0 Å². The molecular weight excluding hydrogens is 228 g/mol. The number of benzene rings is 1. The van der Waals surface area contributed by atoms with E-state index in [1.54, 1.807) is 6.08 Å². The first kappa shape index (κ1) is 14.0. The van der Waals surface area contributed by atoms with Crippen LogP contribution in [0.25, 0.3) is 0 Å². The number of hydrogen-bond donors (Lipinski definition) is 0. The molecule has 1 aromatic rings. The van der Waals surface area contributed by atoms with Gasteiger partial charge < -0.3 is 0 Å². The third-order valence-electron chi connectivity index (χ3n) is 2.62. The Labute approximate surface area is 106 Å². The zero-order chi connectivity index (χ0) is 13.1. The summed E-state index contributed by atoms with van der Waals surface area (Å²) in [5.74, 6) is 0. The highest BCUT2D eigenvalue weighted by molar-refractivity contribution is 5.34. The summed E-state index contributed by atoms with van der Waals surface area (Å²) >= 11 is 0. The highest BCUT2D eigenvalue weighted by atomic mass is 16.1. The van der Waals surface area contributed by atoms with Gasteiger partial charge in [0.15, 0.2) is 0 Å². The number of carbonyl (C=O) groups excluding carboxylic acids is 2. The molecule has 0 saturated heterocycles. The van der Waals surface area contributed by atoms with E-state index in [1.807, 2.05) is 12.1 Å². The normalized spacial score (nSPS) is 9.33. The number of aliphatic imine (C=N–C) groups is 2.